The van der Waals surface area contributed by atoms with E-state index in [1.165, 1.54) is 18.2 Å². The zero-order valence-corrected chi connectivity index (χ0v) is 12.3. The quantitative estimate of drug-likeness (QED) is 0.872. The van der Waals surface area contributed by atoms with E-state index >= 15 is 0 Å². The number of hydrogen-bond acceptors (Lipinski definition) is 4. The van der Waals surface area contributed by atoms with Gasteiger partial charge in [0, 0.05) is 12.1 Å². The van der Waals surface area contributed by atoms with Crippen molar-refractivity contribution in [3.8, 4) is 6.01 Å². The topological polar surface area (TPSA) is 55.3 Å². The van der Waals surface area contributed by atoms with Crippen LogP contribution in [0, 0.1) is 11.6 Å². The number of amides is 1. The normalized spacial score (nSPS) is 17.8. The molecule has 2 heterocycles. The van der Waals surface area contributed by atoms with Gasteiger partial charge in [0.15, 0.2) is 5.82 Å². The van der Waals surface area contributed by atoms with Gasteiger partial charge in [-0.1, -0.05) is 6.07 Å². The first-order chi connectivity index (χ1) is 11.1. The summed E-state index contributed by atoms with van der Waals surface area (Å²) in [5.74, 6) is -1.22. The number of likely N-dealkylation sites (tertiary alicyclic amines) is 1. The van der Waals surface area contributed by atoms with Crippen molar-refractivity contribution in [2.75, 3.05) is 13.1 Å². The molecule has 3 rings (SSSR count). The molecule has 1 unspecified atom stereocenters. The van der Waals surface area contributed by atoms with Crippen LogP contribution in [0.15, 0.2) is 36.7 Å². The predicted molar refractivity (Wildman–Crippen MR) is 77.9 cm³/mol. The number of halogens is 2. The number of nitrogens with zero attached hydrogens (tertiary/aromatic N) is 3. The lowest BCUT2D eigenvalue weighted by Gasteiger charge is -2.32. The Balaban J connectivity index is 1.66. The molecular formula is C16H15F2N3O2. The second-order valence-corrected chi connectivity index (χ2v) is 5.33. The van der Waals surface area contributed by atoms with Gasteiger partial charge in [0.25, 0.3) is 5.91 Å². The Morgan fingerprint density at radius 2 is 2.00 bits per heavy atom. The zero-order valence-electron chi connectivity index (χ0n) is 12.3. The molecule has 23 heavy (non-hydrogen) atoms. The zero-order chi connectivity index (χ0) is 16.2. The number of aromatic nitrogens is 2. The molecule has 1 atom stereocenters. The minimum Gasteiger partial charge on any atom is -0.458 e. The molecule has 1 aromatic heterocycles. The van der Waals surface area contributed by atoms with Crippen LogP contribution in [0.25, 0.3) is 0 Å². The first-order valence-electron chi connectivity index (χ1n) is 7.31. The van der Waals surface area contributed by atoms with Crippen molar-refractivity contribution in [1.29, 1.82) is 0 Å². The average Bonchev–Trinajstić information content (AvgIpc) is 2.56. The van der Waals surface area contributed by atoms with Crippen molar-refractivity contribution < 1.29 is 18.3 Å². The number of hydrogen-bond donors (Lipinski definition) is 0. The Labute approximate surface area is 131 Å². The second kappa shape index (κ2) is 6.68. The molecule has 1 fully saturated rings. The van der Waals surface area contributed by atoms with Crippen molar-refractivity contribution in [1.82, 2.24) is 14.9 Å². The summed E-state index contributed by atoms with van der Waals surface area (Å²) in [6.45, 7) is 0.940. The summed E-state index contributed by atoms with van der Waals surface area (Å²) in [4.78, 5) is 21.5. The lowest BCUT2D eigenvalue weighted by atomic mass is 10.1. The van der Waals surface area contributed by atoms with Crippen LogP contribution in [-0.4, -0.2) is 40.0 Å². The van der Waals surface area contributed by atoms with Crippen LogP contribution in [-0.2, 0) is 0 Å². The lowest BCUT2D eigenvalue weighted by molar-refractivity contribution is 0.0515. The van der Waals surface area contributed by atoms with Crippen molar-refractivity contribution in [3.05, 3.63) is 53.9 Å². The van der Waals surface area contributed by atoms with Gasteiger partial charge in [0.2, 0.25) is 0 Å². The van der Waals surface area contributed by atoms with Crippen LogP contribution in [0.2, 0.25) is 0 Å². The van der Waals surface area contributed by atoms with E-state index in [1.807, 2.05) is 0 Å². The predicted octanol–water partition coefficient (Wildman–Crippen LogP) is 2.44. The van der Waals surface area contributed by atoms with Crippen LogP contribution in [0.4, 0.5) is 8.78 Å². The van der Waals surface area contributed by atoms with Gasteiger partial charge in [-0.15, -0.1) is 0 Å². The Bertz CT molecular complexity index is 694. The van der Waals surface area contributed by atoms with Gasteiger partial charge in [-0.2, -0.15) is 0 Å². The summed E-state index contributed by atoms with van der Waals surface area (Å²) < 4.78 is 31.6. The molecule has 1 amide bonds. The summed E-state index contributed by atoms with van der Waals surface area (Å²) in [6, 6.07) is 5.68. The maximum Gasteiger partial charge on any atom is 0.316 e. The third-order valence-corrected chi connectivity index (χ3v) is 3.61. The van der Waals surface area contributed by atoms with E-state index in [0.717, 1.165) is 25.2 Å². The van der Waals surface area contributed by atoms with E-state index in [2.05, 4.69) is 9.97 Å². The van der Waals surface area contributed by atoms with E-state index < -0.39 is 11.6 Å². The monoisotopic (exact) mass is 319 g/mol. The largest absolute Gasteiger partial charge is 0.458 e. The van der Waals surface area contributed by atoms with E-state index in [0.29, 0.717) is 18.7 Å². The Kier molecular flexibility index (Phi) is 4.45. The maximum atomic E-state index is 13.2. The molecule has 2 aromatic rings. The number of carbonyl (C=O) groups is 1. The highest BCUT2D eigenvalue weighted by atomic mass is 19.1. The Hall–Kier alpha value is -2.57. The maximum absolute atomic E-state index is 13.2. The lowest BCUT2D eigenvalue weighted by Crippen LogP contribution is -2.44. The van der Waals surface area contributed by atoms with E-state index in [1.54, 1.807) is 11.0 Å². The molecule has 7 heteroatoms. The summed E-state index contributed by atoms with van der Waals surface area (Å²) >= 11 is 0. The van der Waals surface area contributed by atoms with Crippen molar-refractivity contribution in [3.63, 3.8) is 0 Å². The average molecular weight is 319 g/mol. The molecule has 120 valence electrons. The highest BCUT2D eigenvalue weighted by molar-refractivity contribution is 5.94. The summed E-state index contributed by atoms with van der Waals surface area (Å²) in [5.41, 5.74) is 0.309. The summed E-state index contributed by atoms with van der Waals surface area (Å²) in [5, 5.41) is 0. The number of carbonyl (C=O) groups excluding carboxylic acids is 1. The SMILES string of the molecule is O=C(c1cccc(F)c1)N1CCCC(Oc2ncc(F)cn2)C1. The molecule has 0 spiro atoms. The third-order valence-electron chi connectivity index (χ3n) is 3.61. The molecular weight excluding hydrogens is 304 g/mol. The molecule has 0 aliphatic carbocycles. The molecule has 1 aliphatic heterocycles. The molecule has 0 bridgehead atoms. The van der Waals surface area contributed by atoms with E-state index in [9.17, 15) is 13.6 Å². The van der Waals surface area contributed by atoms with Gasteiger partial charge in [0.05, 0.1) is 18.9 Å². The molecule has 0 radical (unpaired) electrons. The van der Waals surface area contributed by atoms with Gasteiger partial charge < -0.3 is 9.64 Å². The smallest absolute Gasteiger partial charge is 0.316 e. The van der Waals surface area contributed by atoms with Crippen molar-refractivity contribution in [2.24, 2.45) is 0 Å². The van der Waals surface area contributed by atoms with Gasteiger partial charge >= 0.3 is 6.01 Å². The number of benzene rings is 1. The number of ether oxygens (including phenoxy) is 1. The molecule has 0 N–H and O–H groups in total. The van der Waals surface area contributed by atoms with Crippen molar-refractivity contribution in [2.45, 2.75) is 18.9 Å². The Morgan fingerprint density at radius 1 is 1.22 bits per heavy atom. The van der Waals surface area contributed by atoms with Crippen LogP contribution < -0.4 is 4.74 Å². The third kappa shape index (κ3) is 3.80. The fraction of sp³-hybridized carbons (Fsp3) is 0.312. The van der Waals surface area contributed by atoms with Crippen LogP contribution >= 0.6 is 0 Å². The number of rotatable bonds is 3. The standard InChI is InChI=1S/C16H15F2N3O2/c17-12-4-1-3-11(7-12)15(22)21-6-2-5-14(10-21)23-16-19-8-13(18)9-20-16/h1,3-4,7-9,14H,2,5-6,10H2. The minimum atomic E-state index is -0.538. The number of piperidine rings is 1. The van der Waals surface area contributed by atoms with Crippen LogP contribution in [0.1, 0.15) is 23.2 Å². The highest BCUT2D eigenvalue weighted by Crippen LogP contribution is 2.18. The second-order valence-electron chi connectivity index (χ2n) is 5.33. The van der Waals surface area contributed by atoms with Gasteiger partial charge in [0.1, 0.15) is 11.9 Å². The summed E-state index contributed by atoms with van der Waals surface area (Å²) in [7, 11) is 0. The molecule has 5 nitrogen and oxygen atoms in total. The minimum absolute atomic E-state index is 0.0801. The highest BCUT2D eigenvalue weighted by Gasteiger charge is 2.26. The van der Waals surface area contributed by atoms with Gasteiger partial charge in [-0.3, -0.25) is 4.79 Å². The van der Waals surface area contributed by atoms with E-state index in [4.69, 9.17) is 4.74 Å². The molecule has 0 saturated carbocycles. The Morgan fingerprint density at radius 3 is 2.74 bits per heavy atom. The van der Waals surface area contributed by atoms with Gasteiger partial charge in [-0.25, -0.2) is 18.7 Å². The molecule has 1 aromatic carbocycles. The van der Waals surface area contributed by atoms with Crippen LogP contribution in [0.5, 0.6) is 6.01 Å². The van der Waals surface area contributed by atoms with Crippen molar-refractivity contribution >= 4 is 5.91 Å². The summed E-state index contributed by atoms with van der Waals surface area (Å²) in [6.07, 6.45) is 3.29. The fourth-order valence-corrected chi connectivity index (χ4v) is 2.53. The van der Waals surface area contributed by atoms with Gasteiger partial charge in [-0.05, 0) is 31.0 Å². The van der Waals surface area contributed by atoms with E-state index in [-0.39, 0.29) is 18.0 Å². The van der Waals surface area contributed by atoms with Crippen LogP contribution in [0.3, 0.4) is 0 Å². The first kappa shape index (κ1) is 15.3. The molecule has 1 aliphatic rings. The fourth-order valence-electron chi connectivity index (χ4n) is 2.53. The first-order valence-corrected chi connectivity index (χ1v) is 7.31. The molecule has 1 saturated heterocycles.